The number of pyridine rings is 1. The molecule has 0 aliphatic carbocycles. The lowest BCUT2D eigenvalue weighted by Crippen LogP contribution is -2.33. The molecule has 0 radical (unpaired) electrons. The number of aliphatic imine (C=N–C) groups is 1. The Balaban J connectivity index is 1.19. The highest BCUT2D eigenvalue weighted by Crippen LogP contribution is 2.30. The van der Waals surface area contributed by atoms with E-state index in [1.807, 2.05) is 49.0 Å². The van der Waals surface area contributed by atoms with Crippen LogP contribution in [0.15, 0.2) is 58.3 Å². The zero-order valence-corrected chi connectivity index (χ0v) is 19.0. The number of fused-ring (bicyclic) bond motifs is 1. The van der Waals surface area contributed by atoms with Crippen molar-refractivity contribution in [1.29, 1.82) is 0 Å². The second-order valence-corrected chi connectivity index (χ2v) is 9.05. The molecule has 0 amide bonds. The van der Waals surface area contributed by atoms with Gasteiger partial charge in [-0.3, -0.25) is 9.89 Å². The second-order valence-electron chi connectivity index (χ2n) is 9.05. The summed E-state index contributed by atoms with van der Waals surface area (Å²) in [5.41, 5.74) is 4.25. The van der Waals surface area contributed by atoms with Gasteiger partial charge in [-0.25, -0.2) is 4.98 Å². The van der Waals surface area contributed by atoms with E-state index >= 15 is 0 Å². The van der Waals surface area contributed by atoms with Crippen LogP contribution in [0.25, 0.3) is 16.5 Å². The number of Topliss-reactive ketones (excluding diaryl/α,β-unsaturated/α-hetero) is 1. The van der Waals surface area contributed by atoms with Crippen LogP contribution < -0.4 is 4.74 Å². The number of carbonyl (C=O) groups is 1. The lowest BCUT2D eigenvalue weighted by Gasteiger charge is -2.31. The number of rotatable bonds is 8. The number of ketones is 1. The molecule has 2 aliphatic rings. The molecule has 0 saturated carbocycles. The van der Waals surface area contributed by atoms with Crippen molar-refractivity contribution >= 4 is 28.5 Å². The molecule has 2 aliphatic heterocycles. The van der Waals surface area contributed by atoms with Crippen molar-refractivity contribution in [3.05, 3.63) is 60.0 Å². The van der Waals surface area contributed by atoms with E-state index in [2.05, 4.69) is 20.9 Å². The molecule has 33 heavy (non-hydrogen) atoms. The number of carbonyl (C=O) groups excluding carboxylic acids is 1. The third kappa shape index (κ3) is 5.22. The number of likely N-dealkylation sites (tertiary alicyclic amines) is 1. The predicted octanol–water partition coefficient (Wildman–Crippen LogP) is 5.67. The summed E-state index contributed by atoms with van der Waals surface area (Å²) < 4.78 is 11.8. The summed E-state index contributed by atoms with van der Waals surface area (Å²) in [6.45, 7) is 5.42. The molecule has 5 rings (SSSR count). The maximum atomic E-state index is 11.2. The maximum Gasteiger partial charge on any atom is 0.219 e. The van der Waals surface area contributed by atoms with Crippen LogP contribution in [-0.4, -0.2) is 41.5 Å². The highest BCUT2D eigenvalue weighted by Gasteiger charge is 2.21. The van der Waals surface area contributed by atoms with Gasteiger partial charge in [0.1, 0.15) is 17.1 Å². The summed E-state index contributed by atoms with van der Waals surface area (Å²) in [5, 5.41) is 1.12. The molecule has 6 nitrogen and oxygen atoms in total. The normalized spacial score (nSPS) is 16.9. The number of aromatic nitrogens is 1. The molecule has 4 heterocycles. The van der Waals surface area contributed by atoms with Crippen molar-refractivity contribution < 1.29 is 13.9 Å². The molecule has 1 saturated heterocycles. The van der Waals surface area contributed by atoms with Gasteiger partial charge < -0.3 is 13.9 Å². The maximum absolute atomic E-state index is 11.2. The van der Waals surface area contributed by atoms with Crippen LogP contribution in [0.5, 0.6) is 11.6 Å². The largest absolute Gasteiger partial charge is 0.464 e. The van der Waals surface area contributed by atoms with Crippen LogP contribution in [0.1, 0.15) is 43.7 Å². The van der Waals surface area contributed by atoms with Crippen LogP contribution >= 0.6 is 0 Å². The van der Waals surface area contributed by atoms with Crippen LogP contribution in [0, 0.1) is 5.92 Å². The fourth-order valence-corrected chi connectivity index (χ4v) is 4.62. The van der Waals surface area contributed by atoms with E-state index in [0.29, 0.717) is 36.3 Å². The molecule has 3 aromatic rings. The van der Waals surface area contributed by atoms with Crippen molar-refractivity contribution in [3.8, 4) is 11.6 Å². The Bertz CT molecular complexity index is 1190. The monoisotopic (exact) mass is 443 g/mol. The second kappa shape index (κ2) is 9.71. The van der Waals surface area contributed by atoms with E-state index < -0.39 is 0 Å². The number of allylic oxidation sites excluding steroid dienone is 1. The Hall–Kier alpha value is -3.25. The molecule has 0 N–H and O–H groups in total. The number of piperidine rings is 1. The fourth-order valence-electron chi connectivity index (χ4n) is 4.62. The van der Waals surface area contributed by atoms with Crippen molar-refractivity contribution in [2.24, 2.45) is 10.9 Å². The van der Waals surface area contributed by atoms with Gasteiger partial charge in [0.05, 0.1) is 12.8 Å². The predicted molar refractivity (Wildman–Crippen MR) is 130 cm³/mol. The zero-order chi connectivity index (χ0) is 22.6. The van der Waals surface area contributed by atoms with Crippen LogP contribution in [0.4, 0.5) is 0 Å². The molecule has 6 heteroatoms. The fraction of sp³-hybridized carbons (Fsp3) is 0.370. The standard InChI is InChI=1S/C27H29N3O3/c1-19(31)2-3-20-9-12-30(13-10-20)17-23-18-32-26-14-24(5-6-25(23)26)33-27-7-4-21(16-29-27)22-8-11-28-15-22/h4-8,11,14,16,18,20H,2-3,9-10,12-13,15,17H2,1H3. The third-order valence-corrected chi connectivity index (χ3v) is 6.61. The van der Waals surface area contributed by atoms with Gasteiger partial charge in [0.25, 0.3) is 0 Å². The molecule has 170 valence electrons. The van der Waals surface area contributed by atoms with E-state index in [1.54, 1.807) is 6.92 Å². The minimum Gasteiger partial charge on any atom is -0.464 e. The van der Waals surface area contributed by atoms with E-state index in [9.17, 15) is 4.79 Å². The van der Waals surface area contributed by atoms with Gasteiger partial charge in [-0.1, -0.05) is 0 Å². The summed E-state index contributed by atoms with van der Waals surface area (Å²) in [6, 6.07) is 9.86. The summed E-state index contributed by atoms with van der Waals surface area (Å²) in [4.78, 5) is 22.4. The number of ether oxygens (including phenoxy) is 1. The molecule has 0 unspecified atom stereocenters. The van der Waals surface area contributed by atoms with Gasteiger partial charge >= 0.3 is 0 Å². The number of benzene rings is 1. The number of hydrogen-bond donors (Lipinski definition) is 0. The first kappa shape index (κ1) is 21.6. The molecule has 2 aromatic heterocycles. The highest BCUT2D eigenvalue weighted by molar-refractivity contribution is 5.89. The lowest BCUT2D eigenvalue weighted by atomic mass is 9.91. The van der Waals surface area contributed by atoms with E-state index in [4.69, 9.17) is 9.15 Å². The summed E-state index contributed by atoms with van der Waals surface area (Å²) >= 11 is 0. The smallest absolute Gasteiger partial charge is 0.219 e. The number of furan rings is 1. The van der Waals surface area contributed by atoms with Crippen LogP contribution in [0.3, 0.4) is 0 Å². The molecule has 0 atom stereocenters. The third-order valence-electron chi connectivity index (χ3n) is 6.61. The summed E-state index contributed by atoms with van der Waals surface area (Å²) in [6.07, 6.45) is 11.6. The van der Waals surface area contributed by atoms with Crippen LogP contribution in [0.2, 0.25) is 0 Å². The lowest BCUT2D eigenvalue weighted by molar-refractivity contribution is -0.117. The minimum atomic E-state index is 0.301. The SMILES string of the molecule is CC(=O)CCC1CCN(Cc2coc3cc(Oc4ccc(C5=CC=NC5)cn4)ccc23)CC1. The molecule has 1 fully saturated rings. The van der Waals surface area contributed by atoms with Crippen molar-refractivity contribution in [1.82, 2.24) is 9.88 Å². The van der Waals surface area contributed by atoms with E-state index in [1.165, 1.54) is 11.1 Å². The first-order chi connectivity index (χ1) is 16.1. The highest BCUT2D eigenvalue weighted by atomic mass is 16.5. The molecular weight excluding hydrogens is 414 g/mol. The van der Waals surface area contributed by atoms with Gasteiger partial charge in [0, 0.05) is 48.5 Å². The van der Waals surface area contributed by atoms with E-state index in [-0.39, 0.29) is 0 Å². The van der Waals surface area contributed by atoms with Gasteiger partial charge in [-0.05, 0) is 80.6 Å². The Kier molecular flexibility index (Phi) is 6.35. The Morgan fingerprint density at radius 3 is 2.82 bits per heavy atom. The average molecular weight is 444 g/mol. The molecule has 0 bridgehead atoms. The van der Waals surface area contributed by atoms with Crippen LogP contribution in [-0.2, 0) is 11.3 Å². The number of nitrogens with zero attached hydrogens (tertiary/aromatic N) is 3. The van der Waals surface area contributed by atoms with Gasteiger partial charge in [-0.2, -0.15) is 0 Å². The van der Waals surface area contributed by atoms with Gasteiger partial charge in [0.2, 0.25) is 5.88 Å². The zero-order valence-electron chi connectivity index (χ0n) is 19.0. The molecule has 1 aromatic carbocycles. The number of hydrogen-bond acceptors (Lipinski definition) is 6. The quantitative estimate of drug-likeness (QED) is 0.449. The van der Waals surface area contributed by atoms with Crippen molar-refractivity contribution in [3.63, 3.8) is 0 Å². The first-order valence-corrected chi connectivity index (χ1v) is 11.7. The van der Waals surface area contributed by atoms with Gasteiger partial charge in [-0.15, -0.1) is 0 Å². The first-order valence-electron chi connectivity index (χ1n) is 11.7. The van der Waals surface area contributed by atoms with Gasteiger partial charge in [0.15, 0.2) is 0 Å². The Labute approximate surface area is 194 Å². The van der Waals surface area contributed by atoms with Crippen molar-refractivity contribution in [2.45, 2.75) is 39.2 Å². The van der Waals surface area contributed by atoms with Crippen molar-refractivity contribution in [2.75, 3.05) is 19.6 Å². The average Bonchev–Trinajstić information content (AvgIpc) is 3.50. The summed E-state index contributed by atoms with van der Waals surface area (Å²) in [5.74, 6) is 2.24. The topological polar surface area (TPSA) is 67.9 Å². The minimum absolute atomic E-state index is 0.301. The Morgan fingerprint density at radius 1 is 1.21 bits per heavy atom. The van der Waals surface area contributed by atoms with E-state index in [0.717, 1.165) is 55.4 Å². The molecular formula is C27H29N3O3. The summed E-state index contributed by atoms with van der Waals surface area (Å²) in [7, 11) is 0. The molecule has 0 spiro atoms. The Morgan fingerprint density at radius 2 is 2.09 bits per heavy atom.